The van der Waals surface area contributed by atoms with Crippen molar-refractivity contribution >= 4 is 11.4 Å². The molecule has 2 aromatic rings. The number of benzene rings is 2. The Kier molecular flexibility index (Phi) is 2.82. The summed E-state index contributed by atoms with van der Waals surface area (Å²) in [7, 11) is 1.69. The van der Waals surface area contributed by atoms with Crippen molar-refractivity contribution in [2.24, 2.45) is 0 Å². The minimum Gasteiger partial charge on any atom is -0.497 e. The van der Waals surface area contributed by atoms with E-state index in [1.165, 1.54) is 5.56 Å². The minimum absolute atomic E-state index is 0.110. The monoisotopic (exact) mass is 254 g/mol. The molecule has 98 valence electrons. The summed E-state index contributed by atoms with van der Waals surface area (Å²) in [6.45, 7) is 3.06. The van der Waals surface area contributed by atoms with Gasteiger partial charge in [0.1, 0.15) is 5.75 Å². The van der Waals surface area contributed by atoms with E-state index in [2.05, 4.69) is 41.8 Å². The molecule has 0 radical (unpaired) electrons. The maximum atomic E-state index is 5.29. The molecule has 0 saturated carbocycles. The van der Waals surface area contributed by atoms with Gasteiger partial charge in [0.05, 0.1) is 24.0 Å². The van der Waals surface area contributed by atoms with E-state index in [0.29, 0.717) is 0 Å². The van der Waals surface area contributed by atoms with Crippen LogP contribution >= 0.6 is 0 Å². The highest BCUT2D eigenvalue weighted by Crippen LogP contribution is 2.37. The normalized spacial score (nSPS) is 20.9. The molecule has 0 spiro atoms. The van der Waals surface area contributed by atoms with Gasteiger partial charge in [0, 0.05) is 12.6 Å². The highest BCUT2D eigenvalue weighted by atomic mass is 16.5. The maximum Gasteiger partial charge on any atom is 0.121 e. The molecule has 0 fully saturated rings. The second-order valence-corrected chi connectivity index (χ2v) is 5.09. The van der Waals surface area contributed by atoms with E-state index in [9.17, 15) is 0 Å². The van der Waals surface area contributed by atoms with Crippen LogP contribution < -0.4 is 15.4 Å². The molecule has 2 aromatic carbocycles. The Hall–Kier alpha value is -2.16. The number of methoxy groups -OCH3 is 1. The SMILES string of the molecule is COc1ccc2c(c1)NC(C)(c1ccccc1)CN2. The van der Waals surface area contributed by atoms with Gasteiger partial charge in [-0.05, 0) is 24.6 Å². The highest BCUT2D eigenvalue weighted by Gasteiger charge is 2.30. The summed E-state index contributed by atoms with van der Waals surface area (Å²) in [4.78, 5) is 0. The molecule has 0 aromatic heterocycles. The molecule has 1 aliphatic heterocycles. The Labute approximate surface area is 113 Å². The van der Waals surface area contributed by atoms with Crippen LogP contribution in [0.25, 0.3) is 0 Å². The summed E-state index contributed by atoms with van der Waals surface area (Å²) >= 11 is 0. The Morgan fingerprint density at radius 1 is 1.05 bits per heavy atom. The van der Waals surface area contributed by atoms with Crippen LogP contribution in [-0.4, -0.2) is 13.7 Å². The lowest BCUT2D eigenvalue weighted by atomic mass is 9.89. The van der Waals surface area contributed by atoms with Gasteiger partial charge in [-0.2, -0.15) is 0 Å². The van der Waals surface area contributed by atoms with E-state index in [-0.39, 0.29) is 5.54 Å². The van der Waals surface area contributed by atoms with Crippen LogP contribution in [0.3, 0.4) is 0 Å². The fourth-order valence-electron chi connectivity index (χ4n) is 2.50. The van der Waals surface area contributed by atoms with Crippen molar-refractivity contribution in [3.8, 4) is 5.75 Å². The number of rotatable bonds is 2. The number of fused-ring (bicyclic) bond motifs is 1. The van der Waals surface area contributed by atoms with Crippen molar-refractivity contribution in [1.29, 1.82) is 0 Å². The zero-order valence-corrected chi connectivity index (χ0v) is 11.2. The first-order valence-electron chi connectivity index (χ1n) is 6.47. The fraction of sp³-hybridized carbons (Fsp3) is 0.250. The van der Waals surface area contributed by atoms with Crippen molar-refractivity contribution in [2.45, 2.75) is 12.5 Å². The number of anilines is 2. The van der Waals surface area contributed by atoms with Crippen molar-refractivity contribution in [3.63, 3.8) is 0 Å². The molecule has 0 aliphatic carbocycles. The molecule has 3 nitrogen and oxygen atoms in total. The molecular weight excluding hydrogens is 236 g/mol. The van der Waals surface area contributed by atoms with Gasteiger partial charge in [-0.3, -0.25) is 0 Å². The molecule has 0 bridgehead atoms. The van der Waals surface area contributed by atoms with Crippen LogP contribution in [0.15, 0.2) is 48.5 Å². The first-order chi connectivity index (χ1) is 9.21. The average Bonchev–Trinajstić information content (AvgIpc) is 2.47. The smallest absolute Gasteiger partial charge is 0.121 e. The Morgan fingerprint density at radius 2 is 1.84 bits per heavy atom. The summed E-state index contributed by atoms with van der Waals surface area (Å²) in [6.07, 6.45) is 0. The minimum atomic E-state index is -0.110. The third kappa shape index (κ3) is 2.12. The summed E-state index contributed by atoms with van der Waals surface area (Å²) < 4.78 is 5.29. The van der Waals surface area contributed by atoms with Gasteiger partial charge in [0.2, 0.25) is 0 Å². The quantitative estimate of drug-likeness (QED) is 0.861. The highest BCUT2D eigenvalue weighted by molar-refractivity contribution is 5.74. The lowest BCUT2D eigenvalue weighted by molar-refractivity contribution is 0.414. The molecule has 1 unspecified atom stereocenters. The molecule has 2 N–H and O–H groups in total. The Balaban J connectivity index is 1.96. The van der Waals surface area contributed by atoms with E-state index < -0.39 is 0 Å². The maximum absolute atomic E-state index is 5.29. The van der Waals surface area contributed by atoms with Gasteiger partial charge in [-0.1, -0.05) is 30.3 Å². The second kappa shape index (κ2) is 4.50. The third-order valence-corrected chi connectivity index (χ3v) is 3.68. The van der Waals surface area contributed by atoms with Gasteiger partial charge < -0.3 is 15.4 Å². The van der Waals surface area contributed by atoms with Crippen LogP contribution in [0.5, 0.6) is 5.75 Å². The van der Waals surface area contributed by atoms with Gasteiger partial charge in [0.15, 0.2) is 0 Å². The standard InChI is InChI=1S/C16H18N2O/c1-16(12-6-4-3-5-7-12)11-17-14-9-8-13(19-2)10-15(14)18-16/h3-10,17-18H,11H2,1-2H3. The molecule has 0 saturated heterocycles. The Bertz CT molecular complexity index is 583. The van der Waals surface area contributed by atoms with Gasteiger partial charge >= 0.3 is 0 Å². The van der Waals surface area contributed by atoms with Crippen LogP contribution in [0.4, 0.5) is 11.4 Å². The van der Waals surface area contributed by atoms with Crippen molar-refractivity contribution in [2.75, 3.05) is 24.3 Å². The number of hydrogen-bond acceptors (Lipinski definition) is 3. The van der Waals surface area contributed by atoms with Gasteiger partial charge in [-0.25, -0.2) is 0 Å². The summed E-state index contributed by atoms with van der Waals surface area (Å²) in [6, 6.07) is 16.5. The number of nitrogens with one attached hydrogen (secondary N) is 2. The number of hydrogen-bond donors (Lipinski definition) is 2. The van der Waals surface area contributed by atoms with Crippen molar-refractivity contribution in [3.05, 3.63) is 54.1 Å². The van der Waals surface area contributed by atoms with E-state index in [0.717, 1.165) is 23.7 Å². The zero-order valence-electron chi connectivity index (χ0n) is 11.2. The van der Waals surface area contributed by atoms with Crippen LogP contribution in [-0.2, 0) is 5.54 Å². The molecule has 1 aliphatic rings. The van der Waals surface area contributed by atoms with E-state index >= 15 is 0 Å². The molecule has 3 heteroatoms. The second-order valence-electron chi connectivity index (χ2n) is 5.09. The topological polar surface area (TPSA) is 33.3 Å². The summed E-state index contributed by atoms with van der Waals surface area (Å²) in [5.74, 6) is 0.866. The average molecular weight is 254 g/mol. The molecule has 1 atom stereocenters. The lowest BCUT2D eigenvalue weighted by Gasteiger charge is -2.38. The first kappa shape index (κ1) is 11.9. The van der Waals surface area contributed by atoms with Gasteiger partial charge in [0.25, 0.3) is 0 Å². The summed E-state index contributed by atoms with van der Waals surface area (Å²) in [5.41, 5.74) is 3.36. The van der Waals surface area contributed by atoms with E-state index in [1.807, 2.05) is 24.3 Å². The lowest BCUT2D eigenvalue weighted by Crippen LogP contribution is -2.42. The Morgan fingerprint density at radius 3 is 2.58 bits per heavy atom. The number of ether oxygens (including phenoxy) is 1. The molecule has 3 rings (SSSR count). The molecule has 1 heterocycles. The van der Waals surface area contributed by atoms with Crippen molar-refractivity contribution < 1.29 is 4.74 Å². The fourth-order valence-corrected chi connectivity index (χ4v) is 2.50. The van der Waals surface area contributed by atoms with E-state index in [1.54, 1.807) is 7.11 Å². The first-order valence-corrected chi connectivity index (χ1v) is 6.47. The van der Waals surface area contributed by atoms with Gasteiger partial charge in [-0.15, -0.1) is 0 Å². The third-order valence-electron chi connectivity index (χ3n) is 3.68. The van der Waals surface area contributed by atoms with Crippen molar-refractivity contribution in [1.82, 2.24) is 0 Å². The molecule has 19 heavy (non-hydrogen) atoms. The van der Waals surface area contributed by atoms with Crippen LogP contribution in [0.1, 0.15) is 12.5 Å². The molecular formula is C16H18N2O. The predicted molar refractivity (Wildman–Crippen MR) is 78.9 cm³/mol. The van der Waals surface area contributed by atoms with Crippen LogP contribution in [0, 0.1) is 0 Å². The largest absolute Gasteiger partial charge is 0.497 e. The summed E-state index contributed by atoms with van der Waals surface area (Å²) in [5, 5.41) is 7.11. The predicted octanol–water partition coefficient (Wildman–Crippen LogP) is 3.45. The van der Waals surface area contributed by atoms with E-state index in [4.69, 9.17) is 4.74 Å². The molecule has 0 amide bonds. The van der Waals surface area contributed by atoms with Crippen LogP contribution in [0.2, 0.25) is 0 Å². The zero-order chi connectivity index (χ0) is 13.3.